The number of aromatic nitrogens is 1. The van der Waals surface area contributed by atoms with Gasteiger partial charge in [-0.2, -0.15) is 0 Å². The van der Waals surface area contributed by atoms with Gasteiger partial charge in [-0.25, -0.2) is 13.4 Å². The first-order valence-corrected chi connectivity index (χ1v) is 8.70. The summed E-state index contributed by atoms with van der Waals surface area (Å²) in [7, 11) is -1.30. The number of pyridine rings is 1. The molecule has 112 valence electrons. The molecule has 6 heteroatoms. The molecular formula is C15H18N2O3S. The number of fused-ring (bicyclic) bond motifs is 1. The Labute approximate surface area is 124 Å². The summed E-state index contributed by atoms with van der Waals surface area (Å²) in [6.45, 7) is 0.417. The first kappa shape index (κ1) is 14.1. The molecule has 1 aromatic heterocycles. The lowest BCUT2D eigenvalue weighted by atomic mass is 10.1. The van der Waals surface area contributed by atoms with Gasteiger partial charge in [-0.3, -0.25) is 0 Å². The van der Waals surface area contributed by atoms with Crippen LogP contribution in [0.3, 0.4) is 0 Å². The molecule has 2 aromatic rings. The van der Waals surface area contributed by atoms with E-state index in [0.717, 1.165) is 35.2 Å². The Hall–Kier alpha value is -1.82. The van der Waals surface area contributed by atoms with Crippen LogP contribution in [0.2, 0.25) is 0 Å². The monoisotopic (exact) mass is 306 g/mol. The highest BCUT2D eigenvalue weighted by atomic mass is 32.2. The van der Waals surface area contributed by atoms with E-state index in [1.165, 1.54) is 0 Å². The van der Waals surface area contributed by atoms with Gasteiger partial charge in [-0.05, 0) is 42.5 Å². The third-order valence-corrected chi connectivity index (χ3v) is 6.21. The molecule has 0 aliphatic carbocycles. The van der Waals surface area contributed by atoms with Crippen LogP contribution in [0.25, 0.3) is 10.8 Å². The molecule has 0 amide bonds. The molecular weight excluding hydrogens is 288 g/mol. The maximum absolute atomic E-state index is 11.9. The fourth-order valence-corrected chi connectivity index (χ4v) is 4.49. The summed E-state index contributed by atoms with van der Waals surface area (Å²) in [5.41, 5.74) is 0. The van der Waals surface area contributed by atoms with E-state index in [9.17, 15) is 8.42 Å². The van der Waals surface area contributed by atoms with Crippen molar-refractivity contribution in [3.8, 4) is 5.75 Å². The number of rotatable bonds is 4. The Kier molecular flexibility index (Phi) is 3.71. The van der Waals surface area contributed by atoms with Crippen molar-refractivity contribution >= 4 is 26.4 Å². The Morgan fingerprint density at radius 3 is 2.95 bits per heavy atom. The zero-order chi connectivity index (χ0) is 14.9. The molecule has 1 fully saturated rings. The molecule has 0 saturated carbocycles. The molecule has 1 aromatic carbocycles. The van der Waals surface area contributed by atoms with Gasteiger partial charge in [0.05, 0.1) is 18.1 Å². The van der Waals surface area contributed by atoms with E-state index < -0.39 is 9.84 Å². The number of ether oxygens (including phenoxy) is 1. The maximum atomic E-state index is 11.9. The van der Waals surface area contributed by atoms with Gasteiger partial charge in [-0.15, -0.1) is 0 Å². The largest absolute Gasteiger partial charge is 0.497 e. The summed E-state index contributed by atoms with van der Waals surface area (Å²) in [4.78, 5) is 4.32. The summed E-state index contributed by atoms with van der Waals surface area (Å²) in [5, 5.41) is 4.87. The van der Waals surface area contributed by atoms with Crippen LogP contribution in [0.15, 0.2) is 30.5 Å². The number of nitrogens with zero attached hydrogens (tertiary/aromatic N) is 1. The SMILES string of the molecule is COc1ccc2c(NCC3CCCS3(=O)=O)nccc2c1. The zero-order valence-electron chi connectivity index (χ0n) is 11.9. The minimum absolute atomic E-state index is 0.298. The van der Waals surface area contributed by atoms with Gasteiger partial charge in [0.25, 0.3) is 0 Å². The van der Waals surface area contributed by atoms with E-state index in [1.54, 1.807) is 13.3 Å². The third-order valence-electron chi connectivity index (χ3n) is 3.93. The van der Waals surface area contributed by atoms with Gasteiger partial charge in [0, 0.05) is 18.1 Å². The first-order valence-electron chi connectivity index (χ1n) is 6.98. The van der Waals surface area contributed by atoms with Crippen LogP contribution in [-0.4, -0.2) is 38.1 Å². The highest BCUT2D eigenvalue weighted by Crippen LogP contribution is 2.26. The van der Waals surface area contributed by atoms with Gasteiger partial charge in [-0.1, -0.05) is 0 Å². The van der Waals surface area contributed by atoms with Crippen molar-refractivity contribution in [1.29, 1.82) is 0 Å². The lowest BCUT2D eigenvalue weighted by Crippen LogP contribution is -2.25. The lowest BCUT2D eigenvalue weighted by molar-refractivity contribution is 0.415. The van der Waals surface area contributed by atoms with E-state index >= 15 is 0 Å². The summed E-state index contributed by atoms with van der Waals surface area (Å²) >= 11 is 0. The average molecular weight is 306 g/mol. The minimum Gasteiger partial charge on any atom is -0.497 e. The van der Waals surface area contributed by atoms with Crippen molar-refractivity contribution in [1.82, 2.24) is 4.98 Å². The molecule has 0 bridgehead atoms. The Balaban J connectivity index is 1.84. The Morgan fingerprint density at radius 2 is 2.24 bits per heavy atom. The van der Waals surface area contributed by atoms with Gasteiger partial charge in [0.2, 0.25) is 0 Å². The number of anilines is 1. The number of methoxy groups -OCH3 is 1. The van der Waals surface area contributed by atoms with Crippen molar-refractivity contribution in [2.75, 3.05) is 24.7 Å². The van der Waals surface area contributed by atoms with Crippen LogP contribution >= 0.6 is 0 Å². The highest BCUT2D eigenvalue weighted by molar-refractivity contribution is 7.92. The lowest BCUT2D eigenvalue weighted by Gasteiger charge is -2.13. The topological polar surface area (TPSA) is 68.3 Å². The van der Waals surface area contributed by atoms with Crippen molar-refractivity contribution in [3.63, 3.8) is 0 Å². The second-order valence-electron chi connectivity index (χ2n) is 5.26. The van der Waals surface area contributed by atoms with E-state index in [2.05, 4.69) is 10.3 Å². The van der Waals surface area contributed by atoms with Crippen LogP contribution in [0, 0.1) is 0 Å². The molecule has 1 atom stereocenters. The van der Waals surface area contributed by atoms with Crippen molar-refractivity contribution in [2.45, 2.75) is 18.1 Å². The molecule has 5 nitrogen and oxygen atoms in total. The van der Waals surface area contributed by atoms with Gasteiger partial charge in [0.1, 0.15) is 11.6 Å². The molecule has 21 heavy (non-hydrogen) atoms. The van der Waals surface area contributed by atoms with Crippen LogP contribution in [0.4, 0.5) is 5.82 Å². The van der Waals surface area contributed by atoms with E-state index in [4.69, 9.17) is 4.74 Å². The molecule has 3 rings (SSSR count). The van der Waals surface area contributed by atoms with Crippen LogP contribution in [0.5, 0.6) is 5.75 Å². The fraction of sp³-hybridized carbons (Fsp3) is 0.400. The number of hydrogen-bond donors (Lipinski definition) is 1. The predicted molar refractivity (Wildman–Crippen MR) is 83.6 cm³/mol. The highest BCUT2D eigenvalue weighted by Gasteiger charge is 2.30. The molecule has 1 N–H and O–H groups in total. The van der Waals surface area contributed by atoms with Crippen molar-refractivity contribution in [2.24, 2.45) is 0 Å². The second kappa shape index (κ2) is 5.52. The van der Waals surface area contributed by atoms with E-state index in [-0.39, 0.29) is 5.25 Å². The molecule has 1 aliphatic rings. The maximum Gasteiger partial charge on any atom is 0.154 e. The van der Waals surface area contributed by atoms with Gasteiger partial charge < -0.3 is 10.1 Å². The van der Waals surface area contributed by atoms with Crippen molar-refractivity contribution in [3.05, 3.63) is 30.5 Å². The average Bonchev–Trinajstić information content (AvgIpc) is 2.83. The predicted octanol–water partition coefficient (Wildman–Crippen LogP) is 2.23. The molecule has 0 spiro atoms. The van der Waals surface area contributed by atoms with Gasteiger partial charge >= 0.3 is 0 Å². The summed E-state index contributed by atoms with van der Waals surface area (Å²) < 4.78 is 28.9. The number of benzene rings is 1. The summed E-state index contributed by atoms with van der Waals surface area (Å²) in [6.07, 6.45) is 3.20. The van der Waals surface area contributed by atoms with Crippen LogP contribution < -0.4 is 10.1 Å². The molecule has 0 radical (unpaired) electrons. The smallest absolute Gasteiger partial charge is 0.154 e. The standard InChI is InChI=1S/C15H18N2O3S/c1-20-12-4-5-14-11(9-12)6-7-16-15(14)17-10-13-3-2-8-21(13,18)19/h4-7,9,13H,2-3,8,10H2,1H3,(H,16,17). The molecule has 1 saturated heterocycles. The zero-order valence-corrected chi connectivity index (χ0v) is 12.7. The van der Waals surface area contributed by atoms with E-state index in [1.807, 2.05) is 24.3 Å². The molecule has 1 unspecified atom stereocenters. The number of nitrogens with one attached hydrogen (secondary N) is 1. The number of sulfone groups is 1. The molecule has 1 aliphatic heterocycles. The fourth-order valence-electron chi connectivity index (χ4n) is 2.72. The van der Waals surface area contributed by atoms with Crippen LogP contribution in [-0.2, 0) is 9.84 Å². The van der Waals surface area contributed by atoms with Crippen LogP contribution in [0.1, 0.15) is 12.8 Å². The summed E-state index contributed by atoms with van der Waals surface area (Å²) in [5.74, 6) is 1.81. The normalized spacial score (nSPS) is 20.5. The second-order valence-corrected chi connectivity index (χ2v) is 7.66. The summed E-state index contributed by atoms with van der Waals surface area (Å²) in [6, 6.07) is 7.66. The molecule has 2 heterocycles. The number of hydrogen-bond acceptors (Lipinski definition) is 5. The minimum atomic E-state index is -2.93. The Morgan fingerprint density at radius 1 is 1.38 bits per heavy atom. The first-order chi connectivity index (χ1) is 10.1. The quantitative estimate of drug-likeness (QED) is 0.938. The van der Waals surface area contributed by atoms with Crippen molar-refractivity contribution < 1.29 is 13.2 Å². The third kappa shape index (κ3) is 2.81. The van der Waals surface area contributed by atoms with E-state index in [0.29, 0.717) is 12.3 Å². The Bertz CT molecular complexity index is 759. The van der Waals surface area contributed by atoms with Gasteiger partial charge in [0.15, 0.2) is 9.84 Å².